The number of rotatable bonds is 4. The molecule has 25 heavy (non-hydrogen) atoms. The first-order chi connectivity index (χ1) is 12.0. The number of benzene rings is 2. The minimum atomic E-state index is 0.0433. The molecule has 1 aliphatic heterocycles. The largest absolute Gasteiger partial charge is 0.326 e. The van der Waals surface area contributed by atoms with Crippen LogP contribution in [-0.2, 0) is 11.3 Å². The molecule has 0 spiro atoms. The average Bonchev–Trinajstić information content (AvgIpc) is 2.60. The summed E-state index contributed by atoms with van der Waals surface area (Å²) in [7, 11) is 0. The number of amides is 1. The maximum Gasteiger partial charge on any atom is 0.228 e. The fourth-order valence-electron chi connectivity index (χ4n) is 3.45. The van der Waals surface area contributed by atoms with Gasteiger partial charge in [0.15, 0.2) is 0 Å². The molecule has 1 amide bonds. The molecule has 1 heterocycles. The van der Waals surface area contributed by atoms with Crippen molar-refractivity contribution in [3.8, 4) is 0 Å². The van der Waals surface area contributed by atoms with Gasteiger partial charge < -0.3 is 5.32 Å². The smallest absolute Gasteiger partial charge is 0.228 e. The molecule has 0 unspecified atom stereocenters. The number of likely N-dealkylation sites (tertiary alicyclic amines) is 1. The van der Waals surface area contributed by atoms with Crippen molar-refractivity contribution in [2.75, 3.05) is 18.4 Å². The molecule has 132 valence electrons. The van der Waals surface area contributed by atoms with Crippen molar-refractivity contribution in [2.45, 2.75) is 33.2 Å². The van der Waals surface area contributed by atoms with Crippen LogP contribution in [0.4, 0.5) is 5.69 Å². The Bertz CT molecular complexity index is 742. The summed E-state index contributed by atoms with van der Waals surface area (Å²) in [6.07, 6.45) is 2.01. The molecular formula is C21H25ClN2O. The van der Waals surface area contributed by atoms with E-state index in [9.17, 15) is 4.79 Å². The van der Waals surface area contributed by atoms with E-state index in [4.69, 9.17) is 11.6 Å². The summed E-state index contributed by atoms with van der Waals surface area (Å²) >= 11 is 5.95. The van der Waals surface area contributed by atoms with Gasteiger partial charge in [0, 0.05) is 23.8 Å². The number of piperidine rings is 1. The average molecular weight is 357 g/mol. The summed E-state index contributed by atoms with van der Waals surface area (Å²) in [6, 6.07) is 14.1. The molecule has 1 fully saturated rings. The lowest BCUT2D eigenvalue weighted by Gasteiger charge is -2.32. The Kier molecular flexibility index (Phi) is 5.77. The van der Waals surface area contributed by atoms with E-state index in [1.807, 2.05) is 31.2 Å². The van der Waals surface area contributed by atoms with Crippen LogP contribution in [0.5, 0.6) is 0 Å². The van der Waals surface area contributed by atoms with E-state index in [1.54, 1.807) is 0 Å². The zero-order valence-corrected chi connectivity index (χ0v) is 15.6. The fourth-order valence-corrected chi connectivity index (χ4v) is 3.58. The van der Waals surface area contributed by atoms with Crippen LogP contribution in [0.1, 0.15) is 29.5 Å². The third-order valence-electron chi connectivity index (χ3n) is 4.84. The van der Waals surface area contributed by atoms with Crippen LogP contribution < -0.4 is 5.32 Å². The minimum Gasteiger partial charge on any atom is -0.326 e. The third-order valence-corrected chi connectivity index (χ3v) is 5.09. The zero-order valence-electron chi connectivity index (χ0n) is 14.9. The molecule has 1 N–H and O–H groups in total. The number of hydrogen-bond acceptors (Lipinski definition) is 2. The highest BCUT2D eigenvalue weighted by molar-refractivity contribution is 6.30. The second kappa shape index (κ2) is 8.03. The zero-order chi connectivity index (χ0) is 17.8. The molecule has 2 aromatic carbocycles. The molecule has 0 aliphatic carbocycles. The van der Waals surface area contributed by atoms with Gasteiger partial charge in [0.25, 0.3) is 0 Å². The predicted molar refractivity (Wildman–Crippen MR) is 104 cm³/mol. The van der Waals surface area contributed by atoms with E-state index in [2.05, 4.69) is 35.3 Å². The van der Waals surface area contributed by atoms with E-state index in [0.717, 1.165) is 48.7 Å². The second-order valence-electron chi connectivity index (χ2n) is 7.01. The molecule has 2 aromatic rings. The van der Waals surface area contributed by atoms with Crippen molar-refractivity contribution in [1.29, 1.82) is 0 Å². The van der Waals surface area contributed by atoms with Gasteiger partial charge >= 0.3 is 0 Å². The minimum absolute atomic E-state index is 0.0433. The van der Waals surface area contributed by atoms with Crippen molar-refractivity contribution in [2.24, 2.45) is 5.92 Å². The van der Waals surface area contributed by atoms with Crippen LogP contribution in [0.3, 0.4) is 0 Å². The van der Waals surface area contributed by atoms with Crippen LogP contribution in [0.25, 0.3) is 0 Å². The first-order valence-electron chi connectivity index (χ1n) is 8.86. The van der Waals surface area contributed by atoms with Crippen LogP contribution in [0.15, 0.2) is 42.5 Å². The molecule has 0 aromatic heterocycles. The molecule has 0 saturated carbocycles. The molecule has 0 bridgehead atoms. The van der Waals surface area contributed by atoms with Gasteiger partial charge in [-0.1, -0.05) is 41.4 Å². The van der Waals surface area contributed by atoms with Gasteiger partial charge in [-0.2, -0.15) is 0 Å². The summed E-state index contributed by atoms with van der Waals surface area (Å²) in [6.45, 7) is 6.81. The topological polar surface area (TPSA) is 32.3 Å². The van der Waals surface area contributed by atoms with Crippen LogP contribution in [0, 0.1) is 19.8 Å². The second-order valence-corrected chi connectivity index (χ2v) is 7.44. The Labute approximate surface area is 155 Å². The van der Waals surface area contributed by atoms with E-state index in [0.29, 0.717) is 0 Å². The number of hydrogen-bond donors (Lipinski definition) is 1. The first-order valence-corrected chi connectivity index (χ1v) is 9.24. The maximum absolute atomic E-state index is 12.7. The van der Waals surface area contributed by atoms with Crippen molar-refractivity contribution in [1.82, 2.24) is 4.90 Å². The van der Waals surface area contributed by atoms with Crippen LogP contribution in [0.2, 0.25) is 5.02 Å². The fraction of sp³-hybridized carbons (Fsp3) is 0.381. The lowest BCUT2D eigenvalue weighted by Crippen LogP contribution is -2.40. The Morgan fingerprint density at radius 3 is 2.68 bits per heavy atom. The van der Waals surface area contributed by atoms with Gasteiger partial charge in [0.1, 0.15) is 0 Å². The highest BCUT2D eigenvalue weighted by atomic mass is 35.5. The van der Waals surface area contributed by atoms with E-state index in [-0.39, 0.29) is 11.8 Å². The number of nitrogens with zero attached hydrogens (tertiary/aromatic N) is 1. The maximum atomic E-state index is 12.7. The van der Waals surface area contributed by atoms with Crippen LogP contribution >= 0.6 is 11.6 Å². The van der Waals surface area contributed by atoms with Crippen molar-refractivity contribution in [3.05, 3.63) is 64.2 Å². The summed E-state index contributed by atoms with van der Waals surface area (Å²) in [5, 5.41) is 3.87. The molecule has 0 radical (unpaired) electrons. The van der Waals surface area contributed by atoms with Gasteiger partial charge in [-0.15, -0.1) is 0 Å². The number of carbonyl (C=O) groups excluding carboxylic acids is 1. The van der Waals surface area contributed by atoms with E-state index >= 15 is 0 Å². The quantitative estimate of drug-likeness (QED) is 0.852. The highest BCUT2D eigenvalue weighted by Gasteiger charge is 2.26. The summed E-state index contributed by atoms with van der Waals surface area (Å²) in [5.74, 6) is 0.175. The predicted octanol–water partition coefficient (Wildman–Crippen LogP) is 4.81. The Balaban J connectivity index is 1.60. The Morgan fingerprint density at radius 2 is 1.96 bits per heavy atom. The molecular weight excluding hydrogens is 332 g/mol. The lowest BCUT2D eigenvalue weighted by molar-refractivity contribution is -0.121. The van der Waals surface area contributed by atoms with Crippen LogP contribution in [-0.4, -0.2) is 23.9 Å². The molecule has 3 nitrogen and oxygen atoms in total. The van der Waals surface area contributed by atoms with E-state index < -0.39 is 0 Å². The number of nitrogens with one attached hydrogen (secondary N) is 1. The number of carbonyl (C=O) groups is 1. The van der Waals surface area contributed by atoms with Crippen molar-refractivity contribution < 1.29 is 4.79 Å². The highest BCUT2D eigenvalue weighted by Crippen LogP contribution is 2.22. The summed E-state index contributed by atoms with van der Waals surface area (Å²) in [5.41, 5.74) is 4.48. The number of anilines is 1. The van der Waals surface area contributed by atoms with Gasteiger partial charge in [-0.05, 0) is 62.6 Å². The van der Waals surface area contributed by atoms with Gasteiger partial charge in [-0.25, -0.2) is 0 Å². The Hall–Kier alpha value is -1.84. The third kappa shape index (κ3) is 4.83. The molecule has 1 aliphatic rings. The summed E-state index contributed by atoms with van der Waals surface area (Å²) < 4.78 is 0. The SMILES string of the molecule is Cc1ccc(NC(=O)[C@@H]2CCCN(Cc3ccc(Cl)cc3)C2)c(C)c1. The Morgan fingerprint density at radius 1 is 1.20 bits per heavy atom. The summed E-state index contributed by atoms with van der Waals surface area (Å²) in [4.78, 5) is 15.1. The molecule has 1 saturated heterocycles. The van der Waals surface area contributed by atoms with Crippen molar-refractivity contribution >= 4 is 23.2 Å². The number of aryl methyl sites for hydroxylation is 2. The molecule has 3 rings (SSSR count). The lowest BCUT2D eigenvalue weighted by atomic mass is 9.96. The normalized spacial score (nSPS) is 18.1. The first kappa shape index (κ1) is 18.0. The van der Waals surface area contributed by atoms with Gasteiger partial charge in [0.05, 0.1) is 5.92 Å². The van der Waals surface area contributed by atoms with Gasteiger partial charge in [0.2, 0.25) is 5.91 Å². The van der Waals surface area contributed by atoms with E-state index in [1.165, 1.54) is 11.1 Å². The number of halogens is 1. The van der Waals surface area contributed by atoms with Gasteiger partial charge in [-0.3, -0.25) is 9.69 Å². The van der Waals surface area contributed by atoms with Crippen molar-refractivity contribution in [3.63, 3.8) is 0 Å². The molecule has 4 heteroatoms. The molecule has 1 atom stereocenters. The monoisotopic (exact) mass is 356 g/mol. The standard InChI is InChI=1S/C21H25ClN2O/c1-15-5-10-20(16(2)12-15)23-21(25)18-4-3-11-24(14-18)13-17-6-8-19(22)9-7-17/h5-10,12,18H,3-4,11,13-14H2,1-2H3,(H,23,25)/t18-/m1/s1.